The van der Waals surface area contributed by atoms with Gasteiger partial charge in [0.15, 0.2) is 11.2 Å². The highest BCUT2D eigenvalue weighted by Crippen LogP contribution is 2.26. The fourth-order valence-corrected chi connectivity index (χ4v) is 2.18. The standard InChI is InChI=1S/C14H17NO5S/c1-3-14(10-16,15-12(17)19-2)21-13(18)20-9-11-7-5-4-6-8-11/h4-8,10H,3,9H2,1-2H3,(H,15,17). The molecule has 0 saturated carbocycles. The van der Waals surface area contributed by atoms with Crippen LogP contribution in [0.2, 0.25) is 0 Å². The Hall–Kier alpha value is -2.02. The third-order valence-corrected chi connectivity index (χ3v) is 3.82. The number of alkyl carbamates (subject to hydrolysis) is 1. The molecule has 1 aromatic carbocycles. The summed E-state index contributed by atoms with van der Waals surface area (Å²) < 4.78 is 9.52. The van der Waals surface area contributed by atoms with E-state index in [-0.39, 0.29) is 13.0 Å². The number of hydrogen-bond acceptors (Lipinski definition) is 6. The molecule has 0 spiro atoms. The smallest absolute Gasteiger partial charge is 0.408 e. The van der Waals surface area contributed by atoms with E-state index in [4.69, 9.17) is 4.74 Å². The Morgan fingerprint density at radius 3 is 2.52 bits per heavy atom. The molecule has 0 aliphatic rings. The van der Waals surface area contributed by atoms with Crippen molar-refractivity contribution in [1.82, 2.24) is 5.32 Å². The molecule has 0 radical (unpaired) electrons. The third-order valence-electron chi connectivity index (χ3n) is 2.68. The van der Waals surface area contributed by atoms with E-state index in [2.05, 4.69) is 10.1 Å². The number of aldehydes is 1. The Morgan fingerprint density at radius 1 is 1.33 bits per heavy atom. The number of carbonyl (C=O) groups excluding carboxylic acids is 3. The Bertz CT molecular complexity index is 493. The van der Waals surface area contributed by atoms with E-state index >= 15 is 0 Å². The second-order valence-corrected chi connectivity index (χ2v) is 5.37. The second kappa shape index (κ2) is 8.31. The first kappa shape index (κ1) is 17.0. The minimum absolute atomic E-state index is 0.101. The average molecular weight is 311 g/mol. The normalized spacial score (nSPS) is 12.9. The highest BCUT2D eigenvalue weighted by molar-refractivity contribution is 8.14. The molecular formula is C14H17NO5S. The number of amides is 1. The van der Waals surface area contributed by atoms with Gasteiger partial charge in [0.2, 0.25) is 0 Å². The zero-order chi connectivity index (χ0) is 15.7. The molecule has 0 heterocycles. The van der Waals surface area contributed by atoms with Crippen molar-refractivity contribution >= 4 is 29.4 Å². The molecule has 1 N–H and O–H groups in total. The number of methoxy groups -OCH3 is 1. The van der Waals surface area contributed by atoms with Gasteiger partial charge in [-0.05, 0) is 23.7 Å². The highest BCUT2D eigenvalue weighted by Gasteiger charge is 2.35. The summed E-state index contributed by atoms with van der Waals surface area (Å²) in [6.45, 7) is 1.77. The molecule has 1 amide bonds. The minimum Gasteiger partial charge on any atom is -0.453 e. The second-order valence-electron chi connectivity index (χ2n) is 4.10. The number of hydrogen-bond donors (Lipinski definition) is 1. The predicted octanol–water partition coefficient (Wildman–Crippen LogP) is 2.72. The largest absolute Gasteiger partial charge is 0.453 e. The molecule has 21 heavy (non-hydrogen) atoms. The van der Waals surface area contributed by atoms with E-state index in [1.165, 1.54) is 7.11 Å². The molecule has 0 aliphatic carbocycles. The van der Waals surface area contributed by atoms with Crippen LogP contribution in [0.4, 0.5) is 9.59 Å². The summed E-state index contributed by atoms with van der Waals surface area (Å²) in [5.41, 5.74) is 0.834. The summed E-state index contributed by atoms with van der Waals surface area (Å²) in [4.78, 5) is 32.9. The van der Waals surface area contributed by atoms with Crippen LogP contribution in [0.15, 0.2) is 30.3 Å². The number of carbonyl (C=O) groups is 3. The molecular weight excluding hydrogens is 294 g/mol. The van der Waals surface area contributed by atoms with Crippen molar-refractivity contribution < 1.29 is 23.9 Å². The van der Waals surface area contributed by atoms with Gasteiger partial charge in [0.25, 0.3) is 0 Å². The maximum Gasteiger partial charge on any atom is 0.408 e. The lowest BCUT2D eigenvalue weighted by Crippen LogP contribution is -2.47. The van der Waals surface area contributed by atoms with Gasteiger partial charge < -0.3 is 9.47 Å². The molecule has 1 rings (SSSR count). The first-order valence-corrected chi connectivity index (χ1v) is 7.09. The first-order chi connectivity index (χ1) is 10.0. The maximum atomic E-state index is 11.8. The predicted molar refractivity (Wildman–Crippen MR) is 78.8 cm³/mol. The van der Waals surface area contributed by atoms with Gasteiger partial charge in [-0.1, -0.05) is 37.3 Å². The van der Waals surface area contributed by atoms with Gasteiger partial charge in [-0.25, -0.2) is 9.59 Å². The number of ether oxygens (including phenoxy) is 2. The molecule has 1 unspecified atom stereocenters. The fourth-order valence-electron chi connectivity index (χ4n) is 1.44. The first-order valence-electron chi connectivity index (χ1n) is 6.27. The van der Waals surface area contributed by atoms with Crippen molar-refractivity contribution in [2.45, 2.75) is 24.8 Å². The molecule has 0 fully saturated rings. The maximum absolute atomic E-state index is 11.8. The number of nitrogens with one attached hydrogen (secondary N) is 1. The summed E-state index contributed by atoms with van der Waals surface area (Å²) in [5, 5.41) is 1.69. The van der Waals surface area contributed by atoms with Crippen LogP contribution in [0.25, 0.3) is 0 Å². The average Bonchev–Trinajstić information content (AvgIpc) is 2.53. The van der Waals surface area contributed by atoms with E-state index < -0.39 is 16.3 Å². The van der Waals surface area contributed by atoms with E-state index in [0.29, 0.717) is 18.0 Å². The van der Waals surface area contributed by atoms with Gasteiger partial charge in [0.1, 0.15) is 6.61 Å². The van der Waals surface area contributed by atoms with E-state index in [1.54, 1.807) is 6.92 Å². The molecule has 0 saturated heterocycles. The highest BCUT2D eigenvalue weighted by atomic mass is 32.2. The van der Waals surface area contributed by atoms with Crippen LogP contribution >= 0.6 is 11.8 Å². The number of benzene rings is 1. The van der Waals surface area contributed by atoms with Crippen LogP contribution in [0.5, 0.6) is 0 Å². The third kappa shape index (κ3) is 5.47. The lowest BCUT2D eigenvalue weighted by atomic mass is 10.2. The lowest BCUT2D eigenvalue weighted by Gasteiger charge is -2.24. The molecule has 0 aliphatic heterocycles. The zero-order valence-corrected chi connectivity index (χ0v) is 12.6. The van der Waals surface area contributed by atoms with Crippen LogP contribution < -0.4 is 5.32 Å². The zero-order valence-electron chi connectivity index (χ0n) is 11.8. The van der Waals surface area contributed by atoms with Crippen molar-refractivity contribution in [3.8, 4) is 0 Å². The molecule has 1 atom stereocenters. The Balaban J connectivity index is 2.60. The van der Waals surface area contributed by atoms with E-state index in [0.717, 1.165) is 5.56 Å². The van der Waals surface area contributed by atoms with Gasteiger partial charge in [0, 0.05) is 0 Å². The Kier molecular flexibility index (Phi) is 6.74. The topological polar surface area (TPSA) is 81.7 Å². The van der Waals surface area contributed by atoms with Crippen molar-refractivity contribution in [2.24, 2.45) is 0 Å². The van der Waals surface area contributed by atoms with Crippen LogP contribution in [0, 0.1) is 0 Å². The Labute approximate surface area is 127 Å². The SMILES string of the molecule is CCC(C=O)(NC(=O)OC)SC(=O)OCc1ccccc1. The van der Waals surface area contributed by atoms with Gasteiger partial charge in [-0.15, -0.1) is 0 Å². The molecule has 0 bridgehead atoms. The van der Waals surface area contributed by atoms with Crippen LogP contribution in [0.1, 0.15) is 18.9 Å². The fraction of sp³-hybridized carbons (Fsp3) is 0.357. The minimum atomic E-state index is -1.39. The van der Waals surface area contributed by atoms with E-state index in [9.17, 15) is 14.4 Å². The molecule has 114 valence electrons. The Morgan fingerprint density at radius 2 is 2.00 bits per heavy atom. The molecule has 7 heteroatoms. The van der Waals surface area contributed by atoms with Crippen LogP contribution in [-0.2, 0) is 20.9 Å². The monoisotopic (exact) mass is 311 g/mol. The quantitative estimate of drug-likeness (QED) is 0.494. The molecule has 6 nitrogen and oxygen atoms in total. The molecule has 1 aromatic rings. The number of rotatable bonds is 6. The van der Waals surface area contributed by atoms with Crippen molar-refractivity contribution in [1.29, 1.82) is 0 Å². The van der Waals surface area contributed by atoms with Crippen molar-refractivity contribution in [3.05, 3.63) is 35.9 Å². The van der Waals surface area contributed by atoms with Gasteiger partial charge in [-0.3, -0.25) is 10.1 Å². The summed E-state index contributed by atoms with van der Waals surface area (Å²) in [5.74, 6) is 0. The van der Waals surface area contributed by atoms with Crippen LogP contribution in [0.3, 0.4) is 0 Å². The van der Waals surface area contributed by atoms with Gasteiger partial charge in [-0.2, -0.15) is 0 Å². The lowest BCUT2D eigenvalue weighted by molar-refractivity contribution is -0.110. The van der Waals surface area contributed by atoms with E-state index in [1.807, 2.05) is 30.3 Å². The van der Waals surface area contributed by atoms with Crippen molar-refractivity contribution in [3.63, 3.8) is 0 Å². The summed E-state index contributed by atoms with van der Waals surface area (Å²) in [6.07, 6.45) is -0.0676. The molecule has 0 aromatic heterocycles. The summed E-state index contributed by atoms with van der Waals surface area (Å²) >= 11 is 0.614. The number of thioether (sulfide) groups is 1. The summed E-state index contributed by atoms with van der Waals surface area (Å²) in [7, 11) is 1.18. The summed E-state index contributed by atoms with van der Waals surface area (Å²) in [6, 6.07) is 9.15. The van der Waals surface area contributed by atoms with Gasteiger partial charge >= 0.3 is 11.4 Å². The van der Waals surface area contributed by atoms with Crippen molar-refractivity contribution in [2.75, 3.05) is 7.11 Å². The van der Waals surface area contributed by atoms with Gasteiger partial charge in [0.05, 0.1) is 7.11 Å². The van der Waals surface area contributed by atoms with Crippen LogP contribution in [-0.4, -0.2) is 29.7 Å².